The van der Waals surface area contributed by atoms with Crippen molar-refractivity contribution in [2.75, 3.05) is 7.11 Å². The molecule has 0 bridgehead atoms. The topological polar surface area (TPSA) is 91.0 Å². The van der Waals surface area contributed by atoms with Crippen LogP contribution in [-0.2, 0) is 9.53 Å². The summed E-state index contributed by atoms with van der Waals surface area (Å²) in [6, 6.07) is 9.10. The maximum Gasteiger partial charge on any atom is 0.363 e. The van der Waals surface area contributed by atoms with Gasteiger partial charge in [0.25, 0.3) is 5.69 Å². The van der Waals surface area contributed by atoms with E-state index >= 15 is 0 Å². The van der Waals surface area contributed by atoms with Crippen LogP contribution in [-0.4, -0.2) is 23.9 Å². The summed E-state index contributed by atoms with van der Waals surface area (Å²) in [6.07, 6.45) is 1.50. The summed E-state index contributed by atoms with van der Waals surface area (Å²) in [4.78, 5) is 26.6. The van der Waals surface area contributed by atoms with Gasteiger partial charge in [-0.1, -0.05) is 27.5 Å². The molecule has 9 heteroatoms. The number of non-ortho nitro benzene ring substituents is 1. The molecule has 0 N–H and O–H groups in total. The SMILES string of the molecule is COc1ccc(Br)cc1/C=C1\N=C(c2cc([N+](=O)[O-])ccc2Cl)OC1=O. The molecule has 2 aromatic carbocycles. The van der Waals surface area contributed by atoms with E-state index in [-0.39, 0.29) is 27.9 Å². The van der Waals surface area contributed by atoms with Crippen LogP contribution in [0.2, 0.25) is 5.02 Å². The Morgan fingerprint density at radius 2 is 2.08 bits per heavy atom. The van der Waals surface area contributed by atoms with Gasteiger partial charge in [-0.25, -0.2) is 9.79 Å². The average molecular weight is 438 g/mol. The molecule has 0 spiro atoms. The van der Waals surface area contributed by atoms with Crippen LogP contribution in [0, 0.1) is 10.1 Å². The Morgan fingerprint density at radius 3 is 2.77 bits per heavy atom. The van der Waals surface area contributed by atoms with Crippen LogP contribution < -0.4 is 4.74 Å². The molecule has 0 unspecified atom stereocenters. The van der Waals surface area contributed by atoms with Crippen molar-refractivity contribution in [2.24, 2.45) is 4.99 Å². The van der Waals surface area contributed by atoms with Crippen LogP contribution in [0.4, 0.5) is 5.69 Å². The van der Waals surface area contributed by atoms with Gasteiger partial charge in [0.15, 0.2) is 5.70 Å². The Morgan fingerprint density at radius 1 is 1.31 bits per heavy atom. The van der Waals surface area contributed by atoms with Crippen LogP contribution in [0.3, 0.4) is 0 Å². The molecule has 0 radical (unpaired) electrons. The lowest BCUT2D eigenvalue weighted by Gasteiger charge is -2.04. The van der Waals surface area contributed by atoms with Crippen molar-refractivity contribution in [2.45, 2.75) is 0 Å². The number of methoxy groups -OCH3 is 1. The molecule has 26 heavy (non-hydrogen) atoms. The van der Waals surface area contributed by atoms with E-state index in [1.807, 2.05) is 0 Å². The minimum absolute atomic E-state index is 0.0268. The van der Waals surface area contributed by atoms with E-state index in [4.69, 9.17) is 21.1 Å². The number of carbonyl (C=O) groups is 1. The fraction of sp³-hybridized carbons (Fsp3) is 0.0588. The van der Waals surface area contributed by atoms with Crippen molar-refractivity contribution in [3.8, 4) is 5.75 Å². The number of carbonyl (C=O) groups excluding carboxylic acids is 1. The highest BCUT2D eigenvalue weighted by Gasteiger charge is 2.27. The number of ether oxygens (including phenoxy) is 2. The molecule has 0 fully saturated rings. The normalized spacial score (nSPS) is 15.0. The fourth-order valence-corrected chi connectivity index (χ4v) is 2.86. The second-order valence-corrected chi connectivity index (χ2v) is 6.47. The molecule has 0 amide bonds. The molecule has 0 atom stereocenters. The third-order valence-electron chi connectivity index (χ3n) is 3.50. The number of nitro groups is 1. The van der Waals surface area contributed by atoms with Crippen LogP contribution in [0.1, 0.15) is 11.1 Å². The smallest absolute Gasteiger partial charge is 0.363 e. The molecular formula is C17H10BrClN2O5. The van der Waals surface area contributed by atoms with Crippen LogP contribution in [0.15, 0.2) is 51.6 Å². The number of nitrogens with zero attached hydrogens (tertiary/aromatic N) is 2. The Labute approximate surface area is 161 Å². The van der Waals surface area contributed by atoms with Gasteiger partial charge in [0.2, 0.25) is 5.90 Å². The van der Waals surface area contributed by atoms with E-state index < -0.39 is 10.9 Å². The third-order valence-corrected chi connectivity index (χ3v) is 4.32. The number of aliphatic imine (C=N–C) groups is 1. The summed E-state index contributed by atoms with van der Waals surface area (Å²) in [6.45, 7) is 0. The summed E-state index contributed by atoms with van der Waals surface area (Å²) < 4.78 is 11.2. The summed E-state index contributed by atoms with van der Waals surface area (Å²) in [7, 11) is 1.51. The molecule has 2 aromatic rings. The Kier molecular flexibility index (Phi) is 5.06. The van der Waals surface area contributed by atoms with E-state index in [1.165, 1.54) is 31.4 Å². The minimum Gasteiger partial charge on any atom is -0.496 e. The number of benzene rings is 2. The first kappa shape index (κ1) is 18.1. The predicted molar refractivity (Wildman–Crippen MR) is 99.4 cm³/mol. The zero-order chi connectivity index (χ0) is 18.8. The molecule has 0 aliphatic carbocycles. The minimum atomic E-state index is -0.690. The number of nitro benzene ring substituents is 1. The Bertz CT molecular complexity index is 987. The van der Waals surface area contributed by atoms with Gasteiger partial charge in [-0.2, -0.15) is 0 Å². The monoisotopic (exact) mass is 436 g/mol. The van der Waals surface area contributed by atoms with Gasteiger partial charge < -0.3 is 9.47 Å². The van der Waals surface area contributed by atoms with Crippen molar-refractivity contribution in [1.29, 1.82) is 0 Å². The van der Waals surface area contributed by atoms with Gasteiger partial charge in [-0.15, -0.1) is 0 Å². The first-order chi connectivity index (χ1) is 12.4. The number of hydrogen-bond acceptors (Lipinski definition) is 6. The molecule has 0 aromatic heterocycles. The third kappa shape index (κ3) is 3.61. The summed E-state index contributed by atoms with van der Waals surface area (Å²) in [5.74, 6) is -0.237. The highest BCUT2D eigenvalue weighted by atomic mass is 79.9. The van der Waals surface area contributed by atoms with Crippen molar-refractivity contribution in [1.82, 2.24) is 0 Å². The van der Waals surface area contributed by atoms with Gasteiger partial charge in [-0.3, -0.25) is 10.1 Å². The number of halogens is 2. The second-order valence-electron chi connectivity index (χ2n) is 5.14. The molecule has 3 rings (SSSR count). The van der Waals surface area contributed by atoms with Crippen molar-refractivity contribution in [3.05, 3.63) is 72.8 Å². The molecule has 1 heterocycles. The lowest BCUT2D eigenvalue weighted by molar-refractivity contribution is -0.384. The van der Waals surface area contributed by atoms with E-state index in [9.17, 15) is 14.9 Å². The maximum atomic E-state index is 12.1. The lowest BCUT2D eigenvalue weighted by atomic mass is 10.1. The predicted octanol–water partition coefficient (Wildman–Crippen LogP) is 4.36. The summed E-state index contributed by atoms with van der Waals surface area (Å²) in [5.41, 5.74) is 0.621. The molecule has 0 saturated carbocycles. The average Bonchev–Trinajstić information content (AvgIpc) is 2.96. The highest BCUT2D eigenvalue weighted by molar-refractivity contribution is 9.10. The first-order valence-electron chi connectivity index (χ1n) is 7.19. The van der Waals surface area contributed by atoms with Crippen molar-refractivity contribution in [3.63, 3.8) is 0 Å². The maximum absolute atomic E-state index is 12.1. The van der Waals surface area contributed by atoms with Gasteiger partial charge in [0, 0.05) is 22.2 Å². The van der Waals surface area contributed by atoms with Gasteiger partial charge in [0.05, 0.1) is 22.6 Å². The van der Waals surface area contributed by atoms with Gasteiger partial charge >= 0.3 is 5.97 Å². The highest BCUT2D eigenvalue weighted by Crippen LogP contribution is 2.29. The second kappa shape index (κ2) is 7.27. The van der Waals surface area contributed by atoms with Crippen LogP contribution >= 0.6 is 27.5 Å². The Balaban J connectivity index is 2.04. The first-order valence-corrected chi connectivity index (χ1v) is 8.36. The van der Waals surface area contributed by atoms with E-state index in [0.717, 1.165) is 4.47 Å². The molecule has 132 valence electrons. The number of rotatable bonds is 4. The summed E-state index contributed by atoms with van der Waals surface area (Å²) in [5, 5.41) is 11.1. The largest absolute Gasteiger partial charge is 0.496 e. The van der Waals surface area contributed by atoms with Crippen molar-refractivity contribution >= 4 is 51.2 Å². The lowest BCUT2D eigenvalue weighted by Crippen LogP contribution is -2.06. The Hall–Kier alpha value is -2.71. The molecule has 1 aliphatic heterocycles. The van der Waals surface area contributed by atoms with Gasteiger partial charge in [0.1, 0.15) is 5.75 Å². The van der Waals surface area contributed by atoms with Crippen molar-refractivity contribution < 1.29 is 19.2 Å². The number of cyclic esters (lactones) is 1. The molecule has 1 aliphatic rings. The molecular weight excluding hydrogens is 428 g/mol. The zero-order valence-corrected chi connectivity index (χ0v) is 15.6. The van der Waals surface area contributed by atoms with E-state index in [1.54, 1.807) is 18.2 Å². The summed E-state index contributed by atoms with van der Waals surface area (Å²) >= 11 is 9.42. The standard InChI is InChI=1S/C17H10BrClN2O5/c1-25-15-5-2-10(18)6-9(15)7-14-17(22)26-16(20-14)12-8-11(21(23)24)3-4-13(12)19/h2-8H,1H3/b14-7-. The van der Waals surface area contributed by atoms with E-state index in [2.05, 4.69) is 20.9 Å². The fourth-order valence-electron chi connectivity index (χ4n) is 2.28. The number of hydrogen-bond donors (Lipinski definition) is 0. The van der Waals surface area contributed by atoms with Crippen LogP contribution in [0.25, 0.3) is 6.08 Å². The quantitative estimate of drug-likeness (QED) is 0.307. The molecule has 0 saturated heterocycles. The van der Waals surface area contributed by atoms with Gasteiger partial charge in [-0.05, 0) is 30.3 Å². The zero-order valence-electron chi connectivity index (χ0n) is 13.2. The van der Waals surface area contributed by atoms with E-state index in [0.29, 0.717) is 11.3 Å². The number of esters is 1. The van der Waals surface area contributed by atoms with Crippen LogP contribution in [0.5, 0.6) is 5.75 Å². The molecule has 7 nitrogen and oxygen atoms in total.